The second-order valence-corrected chi connectivity index (χ2v) is 4.39. The number of rotatable bonds is 1. The van der Waals surface area contributed by atoms with Gasteiger partial charge in [-0.2, -0.15) is 0 Å². The van der Waals surface area contributed by atoms with Gasteiger partial charge in [-0.1, -0.05) is 46.3 Å². The molecule has 0 saturated carbocycles. The van der Waals surface area contributed by atoms with E-state index in [0.29, 0.717) is 5.92 Å². The first-order chi connectivity index (χ1) is 6.32. The molecule has 0 heterocycles. The first-order valence-electron chi connectivity index (χ1n) is 5.39. The molecule has 0 heteroatoms. The molecule has 0 aromatic carbocycles. The molecule has 0 aliphatic heterocycles. The van der Waals surface area contributed by atoms with Crippen LogP contribution < -0.4 is 0 Å². The predicted molar refractivity (Wildman–Crippen MR) is 73.9 cm³/mol. The van der Waals surface area contributed by atoms with Gasteiger partial charge in [0.05, 0.1) is 0 Å². The minimum Gasteiger partial charge on any atom is -0.106 e. The van der Waals surface area contributed by atoms with Crippen LogP contribution in [0.1, 0.15) is 62.8 Å². The van der Waals surface area contributed by atoms with Gasteiger partial charge in [-0.15, -0.1) is 11.8 Å². The van der Waals surface area contributed by atoms with Crippen molar-refractivity contribution in [2.75, 3.05) is 0 Å². The van der Waals surface area contributed by atoms with Gasteiger partial charge in [0.2, 0.25) is 0 Å². The highest BCUT2D eigenvalue weighted by Crippen LogP contribution is 2.11. The lowest BCUT2D eigenvalue weighted by Gasteiger charge is -2.05. The van der Waals surface area contributed by atoms with Crippen LogP contribution in [0.3, 0.4) is 0 Å². The fourth-order valence-corrected chi connectivity index (χ4v) is 0.866. The summed E-state index contributed by atoms with van der Waals surface area (Å²) in [6.45, 7) is 17.0. The number of allylic oxidation sites excluding steroid dienone is 2. The van der Waals surface area contributed by atoms with Gasteiger partial charge < -0.3 is 0 Å². The van der Waals surface area contributed by atoms with E-state index >= 15 is 0 Å². The Labute approximate surface area is 98.2 Å². The van der Waals surface area contributed by atoms with Gasteiger partial charge in [-0.05, 0) is 33.6 Å². The smallest absolute Gasteiger partial charge is 0.0146 e. The summed E-state index contributed by atoms with van der Waals surface area (Å²) in [4.78, 5) is 0. The Bertz CT molecular complexity index is 214. The molecule has 0 fully saturated rings. The van der Waals surface area contributed by atoms with Crippen molar-refractivity contribution >= 4 is 0 Å². The molecule has 0 amide bonds. The van der Waals surface area contributed by atoms with E-state index in [9.17, 15) is 0 Å². The van der Waals surface area contributed by atoms with Gasteiger partial charge in [-0.25, -0.2) is 0 Å². The van der Waals surface area contributed by atoms with E-state index in [4.69, 9.17) is 0 Å². The molecule has 90 valence electrons. The van der Waals surface area contributed by atoms with Crippen LogP contribution in [-0.2, 0) is 0 Å². The minimum absolute atomic E-state index is 0. The Balaban J connectivity index is -0.000000187. The Morgan fingerprint density at radius 3 is 1.33 bits per heavy atom. The van der Waals surface area contributed by atoms with Crippen molar-refractivity contribution in [2.45, 2.75) is 62.8 Å². The van der Waals surface area contributed by atoms with Crippen LogP contribution in [0.2, 0.25) is 0 Å². The fraction of sp³-hybridized carbons (Fsp3) is 0.733. The summed E-state index contributed by atoms with van der Waals surface area (Å²) in [6.07, 6.45) is 0. The summed E-state index contributed by atoms with van der Waals surface area (Å²) < 4.78 is 0. The largest absolute Gasteiger partial charge is 0.106 e. The third-order valence-corrected chi connectivity index (χ3v) is 2.09. The molecule has 0 N–H and O–H groups in total. The SMILES string of the molecule is C.CC#CC(C)C.CC(C)=C(C)C(C)C. The lowest BCUT2D eigenvalue weighted by molar-refractivity contribution is 0.756. The molecule has 0 radical (unpaired) electrons. The van der Waals surface area contributed by atoms with E-state index < -0.39 is 0 Å². The predicted octanol–water partition coefficient (Wildman–Crippen LogP) is 5.30. The molecule has 0 atom stereocenters. The third kappa shape index (κ3) is 16.0. The fourth-order valence-electron chi connectivity index (χ4n) is 0.866. The second-order valence-electron chi connectivity index (χ2n) is 4.39. The minimum atomic E-state index is 0. The first kappa shape index (κ1) is 19.8. The zero-order chi connectivity index (χ0) is 11.7. The average molecular weight is 210 g/mol. The topological polar surface area (TPSA) is 0 Å². The molecule has 0 spiro atoms. The zero-order valence-corrected chi connectivity index (χ0v) is 11.2. The molecular formula is C15H30. The Morgan fingerprint density at radius 2 is 1.33 bits per heavy atom. The highest BCUT2D eigenvalue weighted by Gasteiger charge is 1.95. The Kier molecular flexibility index (Phi) is 15.0. The van der Waals surface area contributed by atoms with E-state index in [1.54, 1.807) is 0 Å². The number of hydrogen-bond donors (Lipinski definition) is 0. The van der Waals surface area contributed by atoms with Gasteiger partial charge in [0.1, 0.15) is 0 Å². The van der Waals surface area contributed by atoms with Crippen LogP contribution in [0.15, 0.2) is 11.1 Å². The second kappa shape index (κ2) is 11.4. The highest BCUT2D eigenvalue weighted by molar-refractivity contribution is 5.08. The van der Waals surface area contributed by atoms with Gasteiger partial charge in [0.25, 0.3) is 0 Å². The highest BCUT2D eigenvalue weighted by atomic mass is 14.0. The molecular weight excluding hydrogens is 180 g/mol. The van der Waals surface area contributed by atoms with E-state index in [2.05, 4.69) is 60.3 Å². The van der Waals surface area contributed by atoms with Crippen molar-refractivity contribution in [3.05, 3.63) is 11.1 Å². The van der Waals surface area contributed by atoms with Gasteiger partial charge in [0.15, 0.2) is 0 Å². The maximum Gasteiger partial charge on any atom is 0.0146 e. The monoisotopic (exact) mass is 210 g/mol. The maximum atomic E-state index is 2.96. The van der Waals surface area contributed by atoms with Crippen molar-refractivity contribution in [3.63, 3.8) is 0 Å². The molecule has 0 aromatic rings. The lowest BCUT2D eigenvalue weighted by atomic mass is 10.0. The standard InChI is InChI=1S/C8H16.C6H10.CH4/c1-6(2)8(5)7(3)4;1-4-5-6(2)3;/h6H,1-5H3;6H,1-3H3;1H4. The zero-order valence-electron chi connectivity index (χ0n) is 11.2. The molecule has 0 aromatic heterocycles. The van der Waals surface area contributed by atoms with Gasteiger partial charge in [0, 0.05) is 5.92 Å². The molecule has 0 bridgehead atoms. The van der Waals surface area contributed by atoms with Crippen molar-refractivity contribution in [3.8, 4) is 11.8 Å². The van der Waals surface area contributed by atoms with Crippen LogP contribution in [-0.4, -0.2) is 0 Å². The van der Waals surface area contributed by atoms with Crippen LogP contribution in [0.25, 0.3) is 0 Å². The Morgan fingerprint density at radius 1 is 0.933 bits per heavy atom. The molecule has 0 aliphatic rings. The molecule has 0 saturated heterocycles. The number of hydrogen-bond acceptors (Lipinski definition) is 0. The summed E-state index contributed by atoms with van der Waals surface area (Å²) in [5.41, 5.74) is 2.98. The van der Waals surface area contributed by atoms with Crippen molar-refractivity contribution in [2.24, 2.45) is 11.8 Å². The molecule has 0 aliphatic carbocycles. The van der Waals surface area contributed by atoms with E-state index in [-0.39, 0.29) is 7.43 Å². The summed E-state index contributed by atoms with van der Waals surface area (Å²) >= 11 is 0. The van der Waals surface area contributed by atoms with E-state index in [0.717, 1.165) is 5.92 Å². The summed E-state index contributed by atoms with van der Waals surface area (Å²) in [7, 11) is 0. The third-order valence-electron chi connectivity index (χ3n) is 2.09. The normalized spacial score (nSPS) is 8.13. The van der Waals surface area contributed by atoms with Gasteiger partial charge >= 0.3 is 0 Å². The summed E-state index contributed by atoms with van der Waals surface area (Å²) in [6, 6.07) is 0. The Hall–Kier alpha value is -0.700. The summed E-state index contributed by atoms with van der Waals surface area (Å²) in [5, 5.41) is 0. The van der Waals surface area contributed by atoms with Crippen molar-refractivity contribution in [1.82, 2.24) is 0 Å². The maximum absolute atomic E-state index is 2.96. The quantitative estimate of drug-likeness (QED) is 0.407. The molecule has 0 rings (SSSR count). The van der Waals surface area contributed by atoms with E-state index in [1.807, 2.05) is 6.92 Å². The van der Waals surface area contributed by atoms with Crippen LogP contribution >= 0.6 is 0 Å². The average Bonchev–Trinajstić information content (AvgIpc) is 2.03. The summed E-state index contributed by atoms with van der Waals surface area (Å²) in [5.74, 6) is 7.03. The van der Waals surface area contributed by atoms with Crippen LogP contribution in [0.4, 0.5) is 0 Å². The lowest BCUT2D eigenvalue weighted by Crippen LogP contribution is -1.89. The van der Waals surface area contributed by atoms with Gasteiger partial charge in [-0.3, -0.25) is 0 Å². The first-order valence-corrected chi connectivity index (χ1v) is 5.39. The molecule has 0 nitrogen and oxygen atoms in total. The van der Waals surface area contributed by atoms with Crippen molar-refractivity contribution in [1.29, 1.82) is 0 Å². The molecule has 15 heavy (non-hydrogen) atoms. The van der Waals surface area contributed by atoms with Crippen LogP contribution in [0.5, 0.6) is 0 Å². The molecule has 0 unspecified atom stereocenters. The van der Waals surface area contributed by atoms with E-state index in [1.165, 1.54) is 11.1 Å². The van der Waals surface area contributed by atoms with Crippen LogP contribution in [0, 0.1) is 23.7 Å². The van der Waals surface area contributed by atoms with Crippen molar-refractivity contribution < 1.29 is 0 Å².